The number of carbonyl (C=O) groups is 1. The van der Waals surface area contributed by atoms with Gasteiger partial charge in [0.15, 0.2) is 6.61 Å². The molecule has 1 amide bonds. The maximum atomic E-state index is 12.3. The van der Waals surface area contributed by atoms with Crippen LogP contribution in [0.2, 0.25) is 0 Å². The Bertz CT molecular complexity index is 1040. The van der Waals surface area contributed by atoms with Crippen molar-refractivity contribution in [3.63, 3.8) is 0 Å². The molecule has 0 N–H and O–H groups in total. The molecule has 144 valence electrons. The van der Waals surface area contributed by atoms with Gasteiger partial charge in [0.25, 0.3) is 5.91 Å². The van der Waals surface area contributed by atoms with Crippen LogP contribution in [-0.4, -0.2) is 38.4 Å². The molecule has 28 heavy (non-hydrogen) atoms. The standard InChI is InChI=1S/C19H17N3O5S/c1-14-3-9-17(10-4-14)28(24,25)27-16-7-5-15(6-8-16)19-21-22(12-2-11-20)18(23)13-26-19/h3-10H,2,12-13H2,1H3. The molecule has 0 fully saturated rings. The summed E-state index contributed by atoms with van der Waals surface area (Å²) in [6.07, 6.45) is 0.159. The SMILES string of the molecule is Cc1ccc(S(=O)(=O)Oc2ccc(C3=NN(CCC#N)C(=O)CO3)cc2)cc1. The molecule has 0 saturated carbocycles. The van der Waals surface area contributed by atoms with Gasteiger partial charge in [-0.1, -0.05) is 17.7 Å². The van der Waals surface area contributed by atoms with Gasteiger partial charge in [-0.2, -0.15) is 13.7 Å². The van der Waals surface area contributed by atoms with Crippen molar-refractivity contribution in [3.05, 3.63) is 59.7 Å². The number of hydrazone groups is 1. The van der Waals surface area contributed by atoms with E-state index in [1.54, 1.807) is 24.3 Å². The molecule has 0 radical (unpaired) electrons. The van der Waals surface area contributed by atoms with Crippen LogP contribution in [0.25, 0.3) is 0 Å². The molecule has 3 rings (SSSR count). The molecule has 2 aromatic carbocycles. The van der Waals surface area contributed by atoms with Gasteiger partial charge in [-0.15, -0.1) is 5.10 Å². The highest BCUT2D eigenvalue weighted by Gasteiger charge is 2.22. The number of amides is 1. The zero-order valence-corrected chi connectivity index (χ0v) is 15.8. The van der Waals surface area contributed by atoms with E-state index in [0.717, 1.165) is 5.56 Å². The van der Waals surface area contributed by atoms with E-state index in [9.17, 15) is 13.2 Å². The maximum Gasteiger partial charge on any atom is 0.339 e. The molecule has 0 bridgehead atoms. The molecule has 0 saturated heterocycles. The molecule has 0 unspecified atom stereocenters. The summed E-state index contributed by atoms with van der Waals surface area (Å²) in [6.45, 7) is 1.86. The molecule has 2 aromatic rings. The van der Waals surface area contributed by atoms with Crippen molar-refractivity contribution < 1.29 is 22.1 Å². The Balaban J connectivity index is 1.75. The first kappa shape index (κ1) is 19.4. The summed E-state index contributed by atoms with van der Waals surface area (Å²) in [4.78, 5) is 11.8. The molecule has 1 heterocycles. The van der Waals surface area contributed by atoms with Crippen molar-refractivity contribution in [1.82, 2.24) is 5.01 Å². The van der Waals surface area contributed by atoms with Crippen LogP contribution in [0.3, 0.4) is 0 Å². The lowest BCUT2D eigenvalue weighted by molar-refractivity contribution is -0.135. The third kappa shape index (κ3) is 4.47. The number of benzene rings is 2. The highest BCUT2D eigenvalue weighted by Crippen LogP contribution is 2.21. The normalized spacial score (nSPS) is 14.1. The molecule has 8 nitrogen and oxygen atoms in total. The predicted octanol–water partition coefficient (Wildman–Crippen LogP) is 2.20. The third-order valence-corrected chi connectivity index (χ3v) is 5.15. The van der Waals surface area contributed by atoms with Gasteiger partial charge >= 0.3 is 10.1 Å². The second kappa shape index (κ2) is 8.10. The van der Waals surface area contributed by atoms with Gasteiger partial charge in [0.2, 0.25) is 5.90 Å². The fourth-order valence-corrected chi connectivity index (χ4v) is 3.33. The van der Waals surface area contributed by atoms with Gasteiger partial charge in [-0.25, -0.2) is 5.01 Å². The van der Waals surface area contributed by atoms with Crippen LogP contribution >= 0.6 is 0 Å². The van der Waals surface area contributed by atoms with Crippen molar-refractivity contribution in [2.24, 2.45) is 5.10 Å². The molecule has 0 atom stereocenters. The van der Waals surface area contributed by atoms with E-state index in [1.807, 2.05) is 13.0 Å². The van der Waals surface area contributed by atoms with E-state index in [2.05, 4.69) is 5.10 Å². The van der Waals surface area contributed by atoms with Crippen LogP contribution in [0.5, 0.6) is 5.75 Å². The zero-order chi connectivity index (χ0) is 20.1. The number of carbonyl (C=O) groups excluding carboxylic acids is 1. The van der Waals surface area contributed by atoms with E-state index in [1.165, 1.54) is 29.3 Å². The maximum absolute atomic E-state index is 12.3. The summed E-state index contributed by atoms with van der Waals surface area (Å²) < 4.78 is 35.2. The molecule has 0 spiro atoms. The Labute approximate surface area is 162 Å². The minimum absolute atomic E-state index is 0.0637. The van der Waals surface area contributed by atoms with Crippen LogP contribution in [0.4, 0.5) is 0 Å². The lowest BCUT2D eigenvalue weighted by Crippen LogP contribution is -2.37. The van der Waals surface area contributed by atoms with Crippen molar-refractivity contribution in [2.75, 3.05) is 13.2 Å². The molecular formula is C19H17N3O5S. The van der Waals surface area contributed by atoms with Crippen LogP contribution in [0, 0.1) is 18.3 Å². The van der Waals surface area contributed by atoms with Crippen LogP contribution < -0.4 is 4.18 Å². The molecule has 9 heteroatoms. The summed E-state index contributed by atoms with van der Waals surface area (Å²) in [5, 5.41) is 13.9. The highest BCUT2D eigenvalue weighted by molar-refractivity contribution is 7.87. The van der Waals surface area contributed by atoms with Gasteiger partial charge in [0.1, 0.15) is 10.6 Å². The third-order valence-electron chi connectivity index (χ3n) is 3.88. The van der Waals surface area contributed by atoms with Crippen molar-refractivity contribution in [2.45, 2.75) is 18.2 Å². The lowest BCUT2D eigenvalue weighted by Gasteiger charge is -2.23. The Morgan fingerprint density at radius 3 is 2.50 bits per heavy atom. The van der Waals surface area contributed by atoms with Gasteiger partial charge in [0, 0.05) is 5.56 Å². The average molecular weight is 399 g/mol. The summed E-state index contributed by atoms with van der Waals surface area (Å²) in [5.41, 5.74) is 1.49. The summed E-state index contributed by atoms with van der Waals surface area (Å²) in [7, 11) is -3.94. The number of nitrogens with zero attached hydrogens (tertiary/aromatic N) is 3. The van der Waals surface area contributed by atoms with Gasteiger partial charge in [0.05, 0.1) is 19.0 Å². The second-order valence-electron chi connectivity index (χ2n) is 5.99. The topological polar surface area (TPSA) is 109 Å². The van der Waals surface area contributed by atoms with E-state index >= 15 is 0 Å². The van der Waals surface area contributed by atoms with Gasteiger partial charge in [-0.3, -0.25) is 4.79 Å². The lowest BCUT2D eigenvalue weighted by atomic mass is 10.2. The number of hydrogen-bond donors (Lipinski definition) is 0. The molecular weight excluding hydrogens is 382 g/mol. The number of rotatable bonds is 6. The molecule has 1 aliphatic heterocycles. The van der Waals surface area contributed by atoms with E-state index in [-0.39, 0.29) is 42.0 Å². The number of hydrogen-bond acceptors (Lipinski definition) is 7. The van der Waals surface area contributed by atoms with Gasteiger partial charge < -0.3 is 8.92 Å². The Kier molecular flexibility index (Phi) is 5.61. The summed E-state index contributed by atoms with van der Waals surface area (Å²) >= 11 is 0. The van der Waals surface area contributed by atoms with E-state index in [4.69, 9.17) is 14.2 Å². The largest absolute Gasteiger partial charge is 0.466 e. The van der Waals surface area contributed by atoms with E-state index < -0.39 is 10.1 Å². The molecule has 0 aromatic heterocycles. The highest BCUT2D eigenvalue weighted by atomic mass is 32.2. The Morgan fingerprint density at radius 2 is 1.86 bits per heavy atom. The first-order valence-corrected chi connectivity index (χ1v) is 9.80. The zero-order valence-electron chi connectivity index (χ0n) is 15.0. The fourth-order valence-electron chi connectivity index (χ4n) is 2.40. The van der Waals surface area contributed by atoms with Crippen LogP contribution in [-0.2, 0) is 19.6 Å². The average Bonchev–Trinajstić information content (AvgIpc) is 2.68. The minimum atomic E-state index is -3.94. The first-order valence-electron chi connectivity index (χ1n) is 8.39. The first-order chi connectivity index (χ1) is 13.4. The quantitative estimate of drug-likeness (QED) is 0.689. The van der Waals surface area contributed by atoms with Crippen molar-refractivity contribution in [3.8, 4) is 11.8 Å². The summed E-state index contributed by atoms with van der Waals surface area (Å²) in [5.74, 6) is 0.0202. The van der Waals surface area contributed by atoms with E-state index in [0.29, 0.717) is 5.56 Å². The number of ether oxygens (including phenoxy) is 1. The fraction of sp³-hybridized carbons (Fsp3) is 0.211. The summed E-state index contributed by atoms with van der Waals surface area (Å²) in [6, 6.07) is 14.4. The van der Waals surface area contributed by atoms with Crippen molar-refractivity contribution >= 4 is 21.9 Å². The predicted molar refractivity (Wildman–Crippen MR) is 99.9 cm³/mol. The number of aryl methyl sites for hydroxylation is 1. The van der Waals surface area contributed by atoms with Crippen molar-refractivity contribution in [1.29, 1.82) is 5.26 Å². The van der Waals surface area contributed by atoms with Crippen LogP contribution in [0.1, 0.15) is 17.5 Å². The Morgan fingerprint density at radius 1 is 1.18 bits per heavy atom. The minimum Gasteiger partial charge on any atom is -0.466 e. The number of nitriles is 1. The van der Waals surface area contributed by atoms with Gasteiger partial charge in [-0.05, 0) is 43.3 Å². The smallest absolute Gasteiger partial charge is 0.339 e. The Hall–Kier alpha value is -3.38. The molecule has 1 aliphatic rings. The van der Waals surface area contributed by atoms with Crippen LogP contribution in [0.15, 0.2) is 58.5 Å². The second-order valence-corrected chi connectivity index (χ2v) is 7.54. The monoisotopic (exact) mass is 399 g/mol. The molecule has 0 aliphatic carbocycles.